The second-order valence-corrected chi connectivity index (χ2v) is 5.68. The molecule has 1 amide bonds. The summed E-state index contributed by atoms with van der Waals surface area (Å²) >= 11 is 1.53. The van der Waals surface area contributed by atoms with Crippen LogP contribution < -0.4 is 10.2 Å². The molecule has 0 atom stereocenters. The van der Waals surface area contributed by atoms with E-state index in [-0.39, 0.29) is 5.91 Å². The molecule has 1 saturated heterocycles. The SMILES string of the molecule is CSCC(=O)Nc1ccc(N2CCN(C)CC2)cc1. The van der Waals surface area contributed by atoms with Crippen LogP contribution in [0.25, 0.3) is 0 Å². The van der Waals surface area contributed by atoms with Gasteiger partial charge in [-0.1, -0.05) is 0 Å². The van der Waals surface area contributed by atoms with Gasteiger partial charge < -0.3 is 15.1 Å². The number of carbonyl (C=O) groups excluding carboxylic acids is 1. The fourth-order valence-electron chi connectivity index (χ4n) is 2.15. The Morgan fingerprint density at radius 2 is 1.84 bits per heavy atom. The predicted octanol–water partition coefficient (Wildman–Crippen LogP) is 1.74. The molecule has 0 aromatic heterocycles. The molecule has 1 heterocycles. The second-order valence-electron chi connectivity index (χ2n) is 4.82. The molecular weight excluding hydrogens is 258 g/mol. The van der Waals surface area contributed by atoms with Crippen LogP contribution in [0.15, 0.2) is 24.3 Å². The largest absolute Gasteiger partial charge is 0.369 e. The maximum absolute atomic E-state index is 11.5. The molecule has 5 heteroatoms. The van der Waals surface area contributed by atoms with Gasteiger partial charge in [-0.3, -0.25) is 4.79 Å². The summed E-state index contributed by atoms with van der Waals surface area (Å²) in [5, 5.41) is 2.89. The molecule has 1 aliphatic heterocycles. The molecule has 0 unspecified atom stereocenters. The summed E-state index contributed by atoms with van der Waals surface area (Å²) in [6.07, 6.45) is 1.93. The Labute approximate surface area is 119 Å². The van der Waals surface area contributed by atoms with Gasteiger partial charge in [0.15, 0.2) is 0 Å². The van der Waals surface area contributed by atoms with Crippen LogP contribution in [-0.4, -0.2) is 56.0 Å². The molecule has 2 rings (SSSR count). The summed E-state index contributed by atoms with van der Waals surface area (Å²) in [5.74, 6) is 0.556. The fourth-order valence-corrected chi connectivity index (χ4v) is 2.48. The van der Waals surface area contributed by atoms with Crippen molar-refractivity contribution in [3.8, 4) is 0 Å². The van der Waals surface area contributed by atoms with Crippen molar-refractivity contribution in [1.29, 1.82) is 0 Å². The molecule has 19 heavy (non-hydrogen) atoms. The molecule has 1 aliphatic rings. The molecule has 0 saturated carbocycles. The summed E-state index contributed by atoms with van der Waals surface area (Å²) < 4.78 is 0. The van der Waals surface area contributed by atoms with Crippen LogP contribution in [0, 0.1) is 0 Å². The van der Waals surface area contributed by atoms with E-state index in [1.54, 1.807) is 0 Å². The van der Waals surface area contributed by atoms with Gasteiger partial charge in [-0.15, -0.1) is 0 Å². The standard InChI is InChI=1S/C14H21N3OS/c1-16-7-9-17(10-8-16)13-5-3-12(4-6-13)15-14(18)11-19-2/h3-6H,7-11H2,1-2H3,(H,15,18). The number of amides is 1. The first kappa shape index (κ1) is 14.2. The zero-order valence-electron chi connectivity index (χ0n) is 11.6. The van der Waals surface area contributed by atoms with Crippen molar-refractivity contribution in [1.82, 2.24) is 4.90 Å². The van der Waals surface area contributed by atoms with Crippen molar-refractivity contribution in [2.75, 3.05) is 55.5 Å². The zero-order valence-corrected chi connectivity index (χ0v) is 12.4. The third-order valence-electron chi connectivity index (χ3n) is 3.29. The third-order valence-corrected chi connectivity index (χ3v) is 3.85. The van der Waals surface area contributed by atoms with E-state index < -0.39 is 0 Å². The zero-order chi connectivity index (χ0) is 13.7. The molecule has 1 aromatic rings. The van der Waals surface area contributed by atoms with Crippen molar-refractivity contribution < 1.29 is 4.79 Å². The molecule has 1 fully saturated rings. The van der Waals surface area contributed by atoms with E-state index >= 15 is 0 Å². The molecule has 0 bridgehead atoms. The molecular formula is C14H21N3OS. The number of hydrogen-bond donors (Lipinski definition) is 1. The molecule has 0 radical (unpaired) electrons. The Kier molecular flexibility index (Phi) is 5.10. The van der Waals surface area contributed by atoms with Gasteiger partial charge in [0, 0.05) is 37.6 Å². The minimum Gasteiger partial charge on any atom is -0.369 e. The topological polar surface area (TPSA) is 35.6 Å². The average molecular weight is 279 g/mol. The Morgan fingerprint density at radius 1 is 1.21 bits per heavy atom. The number of piperazine rings is 1. The van der Waals surface area contributed by atoms with Crippen LogP contribution in [0.1, 0.15) is 0 Å². The van der Waals surface area contributed by atoms with Crippen molar-refractivity contribution >= 4 is 29.0 Å². The molecule has 0 aliphatic carbocycles. The average Bonchev–Trinajstić information content (AvgIpc) is 2.41. The van der Waals surface area contributed by atoms with E-state index in [0.717, 1.165) is 31.9 Å². The lowest BCUT2D eigenvalue weighted by Crippen LogP contribution is -2.44. The number of nitrogens with one attached hydrogen (secondary N) is 1. The van der Waals surface area contributed by atoms with Crippen molar-refractivity contribution in [3.05, 3.63) is 24.3 Å². The summed E-state index contributed by atoms with van der Waals surface area (Å²) in [6.45, 7) is 4.34. The lowest BCUT2D eigenvalue weighted by Gasteiger charge is -2.34. The summed E-state index contributed by atoms with van der Waals surface area (Å²) in [6, 6.07) is 8.12. The lowest BCUT2D eigenvalue weighted by molar-refractivity contribution is -0.113. The van der Waals surface area contributed by atoms with Crippen LogP contribution in [0.3, 0.4) is 0 Å². The minimum absolute atomic E-state index is 0.0554. The first-order chi connectivity index (χ1) is 9.19. The summed E-state index contributed by atoms with van der Waals surface area (Å²) in [5.41, 5.74) is 2.10. The van der Waals surface area contributed by atoms with Gasteiger partial charge in [-0.2, -0.15) is 11.8 Å². The smallest absolute Gasteiger partial charge is 0.234 e. The van der Waals surface area contributed by atoms with E-state index in [2.05, 4.69) is 34.3 Å². The number of thioether (sulfide) groups is 1. The Bertz CT molecular complexity index is 413. The monoisotopic (exact) mass is 279 g/mol. The van der Waals surface area contributed by atoms with Gasteiger partial charge >= 0.3 is 0 Å². The first-order valence-electron chi connectivity index (χ1n) is 6.51. The van der Waals surface area contributed by atoms with Crippen LogP contribution in [0.4, 0.5) is 11.4 Å². The molecule has 4 nitrogen and oxygen atoms in total. The number of anilines is 2. The number of nitrogens with zero attached hydrogens (tertiary/aromatic N) is 2. The Hall–Kier alpha value is -1.20. The summed E-state index contributed by atoms with van der Waals surface area (Å²) in [7, 11) is 2.15. The predicted molar refractivity (Wildman–Crippen MR) is 83.2 cm³/mol. The lowest BCUT2D eigenvalue weighted by atomic mass is 10.2. The van der Waals surface area contributed by atoms with E-state index in [9.17, 15) is 4.79 Å². The van der Waals surface area contributed by atoms with Crippen molar-refractivity contribution in [2.24, 2.45) is 0 Å². The highest BCUT2D eigenvalue weighted by atomic mass is 32.2. The van der Waals surface area contributed by atoms with Gasteiger partial charge in [0.1, 0.15) is 0 Å². The highest BCUT2D eigenvalue weighted by molar-refractivity contribution is 7.99. The second kappa shape index (κ2) is 6.82. The van der Waals surface area contributed by atoms with Gasteiger partial charge in [-0.05, 0) is 37.6 Å². The van der Waals surface area contributed by atoms with Crippen molar-refractivity contribution in [2.45, 2.75) is 0 Å². The summed E-state index contributed by atoms with van der Waals surface area (Å²) in [4.78, 5) is 16.2. The highest BCUT2D eigenvalue weighted by Gasteiger charge is 2.13. The number of likely N-dealkylation sites (N-methyl/N-ethyl adjacent to an activating group) is 1. The number of benzene rings is 1. The van der Waals surface area contributed by atoms with Gasteiger partial charge in [0.25, 0.3) is 0 Å². The third kappa shape index (κ3) is 4.14. The number of rotatable bonds is 4. The maximum Gasteiger partial charge on any atom is 0.234 e. The minimum atomic E-state index is 0.0554. The van der Waals surface area contributed by atoms with Crippen LogP contribution >= 0.6 is 11.8 Å². The Balaban J connectivity index is 1.92. The molecule has 1 aromatic carbocycles. The molecule has 0 spiro atoms. The molecule has 1 N–H and O–H groups in total. The Morgan fingerprint density at radius 3 is 2.42 bits per heavy atom. The fraction of sp³-hybridized carbons (Fsp3) is 0.500. The van der Waals surface area contributed by atoms with E-state index in [1.807, 2.05) is 18.4 Å². The van der Waals surface area contributed by atoms with Crippen molar-refractivity contribution in [3.63, 3.8) is 0 Å². The normalized spacial score (nSPS) is 16.4. The number of carbonyl (C=O) groups is 1. The van der Waals surface area contributed by atoms with Gasteiger partial charge in [-0.25, -0.2) is 0 Å². The van der Waals surface area contributed by atoms with Crippen LogP contribution in [0.2, 0.25) is 0 Å². The maximum atomic E-state index is 11.5. The van der Waals surface area contributed by atoms with Gasteiger partial charge in [0.05, 0.1) is 5.75 Å². The quantitative estimate of drug-likeness (QED) is 0.910. The highest BCUT2D eigenvalue weighted by Crippen LogP contribution is 2.19. The van der Waals surface area contributed by atoms with Crippen LogP contribution in [0.5, 0.6) is 0 Å². The van der Waals surface area contributed by atoms with E-state index in [1.165, 1.54) is 17.4 Å². The molecule has 104 valence electrons. The van der Waals surface area contributed by atoms with E-state index in [4.69, 9.17) is 0 Å². The number of hydrogen-bond acceptors (Lipinski definition) is 4. The van der Waals surface area contributed by atoms with Crippen LogP contribution in [-0.2, 0) is 4.79 Å². The van der Waals surface area contributed by atoms with Gasteiger partial charge in [0.2, 0.25) is 5.91 Å². The first-order valence-corrected chi connectivity index (χ1v) is 7.91. The van der Waals surface area contributed by atoms with E-state index in [0.29, 0.717) is 5.75 Å².